The van der Waals surface area contributed by atoms with Crippen molar-refractivity contribution in [1.82, 2.24) is 24.3 Å². The van der Waals surface area contributed by atoms with Gasteiger partial charge in [0.1, 0.15) is 12.4 Å². The minimum Gasteiger partial charge on any atom is -0.318 e. The number of para-hydroxylation sites is 2. The molecule has 1 N–H and O–H groups in total. The summed E-state index contributed by atoms with van der Waals surface area (Å²) in [6.07, 6.45) is 7.08. The zero-order valence-electron chi connectivity index (χ0n) is 15.7. The van der Waals surface area contributed by atoms with Gasteiger partial charge in [-0.15, -0.1) is 0 Å². The van der Waals surface area contributed by atoms with Gasteiger partial charge in [-0.05, 0) is 36.2 Å². The Morgan fingerprint density at radius 2 is 1.93 bits per heavy atom. The number of benzene rings is 1. The van der Waals surface area contributed by atoms with Gasteiger partial charge in [0.2, 0.25) is 5.91 Å². The van der Waals surface area contributed by atoms with Crippen LogP contribution in [-0.2, 0) is 30.7 Å². The first-order valence-corrected chi connectivity index (χ1v) is 9.39. The maximum Gasteiger partial charge on any atom is 0.245 e. The number of imidazole rings is 1. The zero-order chi connectivity index (χ0) is 19.3. The topological polar surface area (TPSA) is 77.6 Å². The van der Waals surface area contributed by atoms with Crippen LogP contribution in [0.15, 0.2) is 61.1 Å². The zero-order valence-corrected chi connectivity index (χ0v) is 15.7. The smallest absolute Gasteiger partial charge is 0.245 e. The molecule has 3 heterocycles. The van der Waals surface area contributed by atoms with Crippen molar-refractivity contribution >= 4 is 22.8 Å². The van der Waals surface area contributed by atoms with Crippen LogP contribution in [0.2, 0.25) is 0 Å². The molecule has 0 atom stereocenters. The third kappa shape index (κ3) is 3.93. The van der Waals surface area contributed by atoms with E-state index < -0.39 is 0 Å². The van der Waals surface area contributed by atoms with Crippen molar-refractivity contribution in [3.63, 3.8) is 0 Å². The minimum absolute atomic E-state index is 0.114. The maximum atomic E-state index is 12.6. The first-order valence-electron chi connectivity index (χ1n) is 9.39. The molecule has 0 aliphatic heterocycles. The number of pyridine rings is 1. The summed E-state index contributed by atoms with van der Waals surface area (Å²) in [7, 11) is 0. The lowest BCUT2D eigenvalue weighted by Gasteiger charge is -2.08. The molecule has 0 unspecified atom stereocenters. The number of nitrogens with one attached hydrogen (secondary N) is 1. The number of carbonyl (C=O) groups is 1. The number of nitrogens with zero attached hydrogens (tertiary/aromatic N) is 5. The molecule has 4 rings (SSSR count). The summed E-state index contributed by atoms with van der Waals surface area (Å²) in [5.41, 5.74) is 3.08. The standard InChI is InChI=1S/C21H22N6O/c1-2-20-23-17-5-3-4-6-18(17)27(20)15-21(28)24-19-10-14-26(25-19)13-9-16-7-11-22-12-8-16/h3-8,10-12,14H,2,9,13,15H2,1H3,(H,24,25,28). The molecule has 1 amide bonds. The molecular formula is C21H22N6O. The fraction of sp³-hybridized carbons (Fsp3) is 0.238. The second kappa shape index (κ2) is 8.04. The van der Waals surface area contributed by atoms with Crippen molar-refractivity contribution in [2.45, 2.75) is 32.9 Å². The largest absolute Gasteiger partial charge is 0.318 e. The normalized spacial score (nSPS) is 11.0. The van der Waals surface area contributed by atoms with E-state index in [9.17, 15) is 4.79 Å². The molecule has 7 heteroatoms. The van der Waals surface area contributed by atoms with Crippen molar-refractivity contribution in [2.75, 3.05) is 5.32 Å². The summed E-state index contributed by atoms with van der Waals surface area (Å²) < 4.78 is 3.80. The Kier molecular flexibility index (Phi) is 5.14. The van der Waals surface area contributed by atoms with Crippen LogP contribution in [-0.4, -0.2) is 30.2 Å². The van der Waals surface area contributed by atoms with Crippen LogP contribution in [0, 0.1) is 0 Å². The molecule has 0 saturated heterocycles. The second-order valence-electron chi connectivity index (χ2n) is 6.57. The monoisotopic (exact) mass is 374 g/mol. The van der Waals surface area contributed by atoms with Crippen LogP contribution < -0.4 is 5.32 Å². The molecule has 4 aromatic rings. The van der Waals surface area contributed by atoms with Gasteiger partial charge in [0.05, 0.1) is 11.0 Å². The van der Waals surface area contributed by atoms with Gasteiger partial charge >= 0.3 is 0 Å². The molecule has 1 aromatic carbocycles. The molecular weight excluding hydrogens is 352 g/mol. The van der Waals surface area contributed by atoms with Crippen LogP contribution in [0.1, 0.15) is 18.3 Å². The van der Waals surface area contributed by atoms with Gasteiger partial charge < -0.3 is 9.88 Å². The highest BCUT2D eigenvalue weighted by atomic mass is 16.2. The van der Waals surface area contributed by atoms with E-state index in [2.05, 4.69) is 20.4 Å². The highest BCUT2D eigenvalue weighted by molar-refractivity contribution is 5.90. The number of carbonyl (C=O) groups excluding carboxylic acids is 1. The molecule has 0 saturated carbocycles. The Morgan fingerprint density at radius 3 is 2.75 bits per heavy atom. The number of rotatable bonds is 7. The Bertz CT molecular complexity index is 1080. The average molecular weight is 374 g/mol. The third-order valence-corrected chi connectivity index (χ3v) is 4.64. The van der Waals surface area contributed by atoms with Crippen molar-refractivity contribution in [3.8, 4) is 0 Å². The van der Waals surface area contributed by atoms with E-state index >= 15 is 0 Å². The van der Waals surface area contributed by atoms with Crippen LogP contribution in [0.5, 0.6) is 0 Å². The predicted molar refractivity (Wildman–Crippen MR) is 108 cm³/mol. The lowest BCUT2D eigenvalue weighted by Crippen LogP contribution is -2.20. The molecule has 0 bridgehead atoms. The van der Waals surface area contributed by atoms with E-state index in [1.54, 1.807) is 12.4 Å². The van der Waals surface area contributed by atoms with Crippen LogP contribution >= 0.6 is 0 Å². The molecule has 142 valence electrons. The molecule has 0 aliphatic carbocycles. The molecule has 28 heavy (non-hydrogen) atoms. The second-order valence-corrected chi connectivity index (χ2v) is 6.57. The van der Waals surface area contributed by atoms with Crippen LogP contribution in [0.3, 0.4) is 0 Å². The molecule has 0 fully saturated rings. The quantitative estimate of drug-likeness (QED) is 0.539. The lowest BCUT2D eigenvalue weighted by atomic mass is 10.2. The molecule has 0 radical (unpaired) electrons. The number of hydrogen-bond donors (Lipinski definition) is 1. The Morgan fingerprint density at radius 1 is 1.11 bits per heavy atom. The SMILES string of the molecule is CCc1nc2ccccc2n1CC(=O)Nc1ccn(CCc2ccncc2)n1. The molecule has 0 spiro atoms. The van der Waals surface area contributed by atoms with Crippen molar-refractivity contribution in [3.05, 3.63) is 72.4 Å². The third-order valence-electron chi connectivity index (χ3n) is 4.64. The summed E-state index contributed by atoms with van der Waals surface area (Å²) >= 11 is 0. The molecule has 0 aliphatic rings. The van der Waals surface area contributed by atoms with E-state index in [0.29, 0.717) is 5.82 Å². The Balaban J connectivity index is 1.40. The number of hydrogen-bond acceptors (Lipinski definition) is 4. The van der Waals surface area contributed by atoms with Crippen LogP contribution in [0.25, 0.3) is 11.0 Å². The van der Waals surface area contributed by atoms with E-state index in [1.165, 1.54) is 5.56 Å². The first-order chi connectivity index (χ1) is 13.7. The Labute approximate surface area is 163 Å². The van der Waals surface area contributed by atoms with Crippen molar-refractivity contribution < 1.29 is 4.79 Å². The summed E-state index contributed by atoms with van der Waals surface area (Å²) in [4.78, 5) is 21.2. The van der Waals surface area contributed by atoms with E-state index in [-0.39, 0.29) is 12.5 Å². The fourth-order valence-corrected chi connectivity index (χ4v) is 3.24. The predicted octanol–water partition coefficient (Wildman–Crippen LogP) is 3.07. The summed E-state index contributed by atoms with van der Waals surface area (Å²) in [5, 5.41) is 7.33. The summed E-state index contributed by atoms with van der Waals surface area (Å²) in [6, 6.07) is 13.7. The first kappa shape index (κ1) is 17.9. The van der Waals surface area contributed by atoms with E-state index in [0.717, 1.165) is 36.2 Å². The maximum absolute atomic E-state index is 12.6. The number of fused-ring (bicyclic) bond motifs is 1. The van der Waals surface area contributed by atoms with Crippen molar-refractivity contribution in [2.24, 2.45) is 0 Å². The fourth-order valence-electron chi connectivity index (χ4n) is 3.24. The minimum atomic E-state index is -0.114. The van der Waals surface area contributed by atoms with Gasteiger partial charge in [-0.2, -0.15) is 5.10 Å². The number of aromatic nitrogens is 5. The van der Waals surface area contributed by atoms with Crippen molar-refractivity contribution in [1.29, 1.82) is 0 Å². The number of anilines is 1. The van der Waals surface area contributed by atoms with Gasteiger partial charge in [-0.3, -0.25) is 14.5 Å². The van der Waals surface area contributed by atoms with Gasteiger partial charge in [-0.1, -0.05) is 19.1 Å². The molecule has 7 nitrogen and oxygen atoms in total. The van der Waals surface area contributed by atoms with Gasteiger partial charge in [0.15, 0.2) is 5.82 Å². The van der Waals surface area contributed by atoms with Gasteiger partial charge in [0, 0.05) is 37.6 Å². The average Bonchev–Trinajstić information content (AvgIpc) is 3.31. The van der Waals surface area contributed by atoms with Gasteiger partial charge in [-0.25, -0.2) is 4.98 Å². The highest BCUT2D eigenvalue weighted by Gasteiger charge is 2.13. The Hall–Kier alpha value is -3.48. The molecule has 3 aromatic heterocycles. The number of aryl methyl sites for hydroxylation is 3. The van der Waals surface area contributed by atoms with Gasteiger partial charge in [0.25, 0.3) is 0 Å². The summed E-state index contributed by atoms with van der Waals surface area (Å²) in [6.45, 7) is 3.00. The van der Waals surface area contributed by atoms with E-state index in [1.807, 2.05) is 64.8 Å². The van der Waals surface area contributed by atoms with E-state index in [4.69, 9.17) is 0 Å². The summed E-state index contributed by atoms with van der Waals surface area (Å²) in [5.74, 6) is 1.35. The highest BCUT2D eigenvalue weighted by Crippen LogP contribution is 2.16. The van der Waals surface area contributed by atoms with Crippen LogP contribution in [0.4, 0.5) is 5.82 Å². The number of amides is 1. The lowest BCUT2D eigenvalue weighted by molar-refractivity contribution is -0.116.